The summed E-state index contributed by atoms with van der Waals surface area (Å²) in [5.74, 6) is 0.854. The van der Waals surface area contributed by atoms with Gasteiger partial charge < -0.3 is 15.0 Å². The van der Waals surface area contributed by atoms with Crippen molar-refractivity contribution in [3.8, 4) is 5.75 Å². The third-order valence-corrected chi connectivity index (χ3v) is 3.14. The van der Waals surface area contributed by atoms with Gasteiger partial charge in [0.2, 0.25) is 0 Å². The summed E-state index contributed by atoms with van der Waals surface area (Å²) in [6.07, 6.45) is 2.92. The zero-order valence-corrected chi connectivity index (χ0v) is 11.2. The molecule has 18 heavy (non-hydrogen) atoms. The van der Waals surface area contributed by atoms with E-state index in [9.17, 15) is 0 Å². The van der Waals surface area contributed by atoms with Gasteiger partial charge in [0.15, 0.2) is 0 Å². The quantitative estimate of drug-likeness (QED) is 0.902. The van der Waals surface area contributed by atoms with Crippen molar-refractivity contribution >= 4 is 11.6 Å². The molecular formula is C14H17ClN2O. The van der Waals surface area contributed by atoms with Crippen LogP contribution in [0.25, 0.3) is 0 Å². The van der Waals surface area contributed by atoms with Crippen LogP contribution in [0, 0.1) is 0 Å². The molecule has 0 aliphatic carbocycles. The van der Waals surface area contributed by atoms with E-state index >= 15 is 0 Å². The lowest BCUT2D eigenvalue weighted by Crippen LogP contribution is -2.09. The minimum absolute atomic E-state index is 0.649. The van der Waals surface area contributed by atoms with Crippen LogP contribution in [0.15, 0.2) is 36.5 Å². The van der Waals surface area contributed by atoms with Gasteiger partial charge in [0.05, 0.1) is 13.7 Å². The summed E-state index contributed by atoms with van der Waals surface area (Å²) in [5.41, 5.74) is 7.89. The highest BCUT2D eigenvalue weighted by atomic mass is 35.5. The number of nitrogens with zero attached hydrogens (tertiary/aromatic N) is 1. The highest BCUT2D eigenvalue weighted by molar-refractivity contribution is 6.30. The maximum Gasteiger partial charge on any atom is 0.123 e. The Balaban J connectivity index is 2.27. The second-order valence-electron chi connectivity index (χ2n) is 4.12. The molecule has 1 heterocycles. The Morgan fingerprint density at radius 2 is 2.17 bits per heavy atom. The van der Waals surface area contributed by atoms with Crippen LogP contribution in [0.5, 0.6) is 5.75 Å². The van der Waals surface area contributed by atoms with Crippen LogP contribution in [0.1, 0.15) is 11.3 Å². The minimum atomic E-state index is 0.649. The fraction of sp³-hybridized carbons (Fsp3) is 0.286. The van der Waals surface area contributed by atoms with Crippen molar-refractivity contribution in [2.45, 2.75) is 13.0 Å². The van der Waals surface area contributed by atoms with Gasteiger partial charge in [-0.15, -0.1) is 0 Å². The molecule has 1 aromatic heterocycles. The van der Waals surface area contributed by atoms with Crippen molar-refractivity contribution < 1.29 is 4.74 Å². The Labute approximate surface area is 112 Å². The number of nitrogens with two attached hydrogens (primary N) is 1. The summed E-state index contributed by atoms with van der Waals surface area (Å²) in [5, 5.41) is 0.721. The van der Waals surface area contributed by atoms with E-state index in [0.717, 1.165) is 29.3 Å². The molecule has 0 saturated heterocycles. The first-order chi connectivity index (χ1) is 8.74. The molecule has 0 spiro atoms. The number of aromatic nitrogens is 1. The van der Waals surface area contributed by atoms with Crippen molar-refractivity contribution in [2.24, 2.45) is 5.73 Å². The first-order valence-electron chi connectivity index (χ1n) is 5.91. The third-order valence-electron chi connectivity index (χ3n) is 2.91. The number of hydrogen-bond donors (Lipinski definition) is 1. The van der Waals surface area contributed by atoms with E-state index < -0.39 is 0 Å². The molecule has 0 saturated carbocycles. The highest BCUT2D eigenvalue weighted by Gasteiger charge is 2.07. The maximum absolute atomic E-state index is 6.03. The van der Waals surface area contributed by atoms with Crippen LogP contribution in [0.4, 0.5) is 0 Å². The molecule has 2 rings (SSSR count). The molecule has 3 nitrogen and oxygen atoms in total. The molecule has 0 bridgehead atoms. The van der Waals surface area contributed by atoms with E-state index in [-0.39, 0.29) is 0 Å². The lowest BCUT2D eigenvalue weighted by molar-refractivity contribution is 0.408. The number of methoxy groups -OCH3 is 1. The lowest BCUT2D eigenvalue weighted by Gasteiger charge is -2.12. The number of benzene rings is 1. The van der Waals surface area contributed by atoms with Crippen molar-refractivity contribution in [3.05, 3.63) is 52.8 Å². The molecule has 1 aromatic carbocycles. The van der Waals surface area contributed by atoms with Crippen molar-refractivity contribution in [1.82, 2.24) is 4.57 Å². The van der Waals surface area contributed by atoms with E-state index in [1.54, 1.807) is 7.11 Å². The Hall–Kier alpha value is -1.45. The molecule has 0 atom stereocenters. The standard InChI is InChI=1S/C14H17ClN2O/c1-18-14-5-4-12(15)9-11(14)10-17-8-2-3-13(17)6-7-16/h2-5,8-9H,6-7,10,16H2,1H3. The molecule has 0 unspecified atom stereocenters. The zero-order valence-electron chi connectivity index (χ0n) is 10.4. The second-order valence-corrected chi connectivity index (χ2v) is 4.56. The number of ether oxygens (including phenoxy) is 1. The van der Waals surface area contributed by atoms with Crippen LogP contribution in [-0.2, 0) is 13.0 Å². The van der Waals surface area contributed by atoms with E-state index in [1.807, 2.05) is 30.5 Å². The second kappa shape index (κ2) is 5.94. The van der Waals surface area contributed by atoms with E-state index in [0.29, 0.717) is 6.54 Å². The fourth-order valence-electron chi connectivity index (χ4n) is 2.03. The average Bonchev–Trinajstić information content (AvgIpc) is 2.78. The Morgan fingerprint density at radius 3 is 2.89 bits per heavy atom. The van der Waals surface area contributed by atoms with Crippen LogP contribution in [0.3, 0.4) is 0 Å². The highest BCUT2D eigenvalue weighted by Crippen LogP contribution is 2.24. The predicted octanol–water partition coefficient (Wildman–Crippen LogP) is 2.70. The number of halogens is 1. The van der Waals surface area contributed by atoms with Crippen molar-refractivity contribution in [1.29, 1.82) is 0 Å². The van der Waals surface area contributed by atoms with Crippen LogP contribution < -0.4 is 10.5 Å². The summed E-state index contributed by atoms with van der Waals surface area (Å²) in [6, 6.07) is 9.78. The summed E-state index contributed by atoms with van der Waals surface area (Å²) in [4.78, 5) is 0. The van der Waals surface area contributed by atoms with Gasteiger partial charge in [0, 0.05) is 22.5 Å². The number of hydrogen-bond acceptors (Lipinski definition) is 2. The van der Waals surface area contributed by atoms with E-state index in [2.05, 4.69) is 10.6 Å². The molecule has 0 aliphatic rings. The normalized spacial score (nSPS) is 10.6. The van der Waals surface area contributed by atoms with Crippen molar-refractivity contribution in [2.75, 3.05) is 13.7 Å². The minimum Gasteiger partial charge on any atom is -0.496 e. The Kier molecular flexibility index (Phi) is 4.28. The molecule has 0 aliphatic heterocycles. The van der Waals surface area contributed by atoms with Gasteiger partial charge in [-0.2, -0.15) is 0 Å². The van der Waals surface area contributed by atoms with Crippen LogP contribution in [-0.4, -0.2) is 18.2 Å². The van der Waals surface area contributed by atoms with Crippen LogP contribution >= 0.6 is 11.6 Å². The van der Waals surface area contributed by atoms with E-state index in [4.69, 9.17) is 22.1 Å². The molecule has 2 N–H and O–H groups in total. The van der Waals surface area contributed by atoms with Crippen LogP contribution in [0.2, 0.25) is 5.02 Å². The Morgan fingerprint density at radius 1 is 1.33 bits per heavy atom. The summed E-state index contributed by atoms with van der Waals surface area (Å²) < 4.78 is 7.52. The molecule has 4 heteroatoms. The summed E-state index contributed by atoms with van der Waals surface area (Å²) >= 11 is 6.03. The van der Waals surface area contributed by atoms with Gasteiger partial charge in [-0.3, -0.25) is 0 Å². The molecular weight excluding hydrogens is 248 g/mol. The molecule has 96 valence electrons. The van der Waals surface area contributed by atoms with Gasteiger partial charge in [0.1, 0.15) is 5.75 Å². The molecule has 0 radical (unpaired) electrons. The largest absolute Gasteiger partial charge is 0.496 e. The lowest BCUT2D eigenvalue weighted by atomic mass is 10.2. The van der Waals surface area contributed by atoms with Gasteiger partial charge in [-0.25, -0.2) is 0 Å². The smallest absolute Gasteiger partial charge is 0.123 e. The third kappa shape index (κ3) is 2.86. The van der Waals surface area contributed by atoms with Gasteiger partial charge in [0.25, 0.3) is 0 Å². The first-order valence-corrected chi connectivity index (χ1v) is 6.29. The molecule has 0 fully saturated rings. The number of rotatable bonds is 5. The molecule has 0 amide bonds. The monoisotopic (exact) mass is 264 g/mol. The predicted molar refractivity (Wildman–Crippen MR) is 74.3 cm³/mol. The van der Waals surface area contributed by atoms with Gasteiger partial charge in [-0.1, -0.05) is 11.6 Å². The molecule has 2 aromatic rings. The fourth-order valence-corrected chi connectivity index (χ4v) is 2.23. The van der Waals surface area contributed by atoms with E-state index in [1.165, 1.54) is 5.69 Å². The topological polar surface area (TPSA) is 40.2 Å². The summed E-state index contributed by atoms with van der Waals surface area (Å²) in [7, 11) is 1.67. The Bertz CT molecular complexity index is 522. The zero-order chi connectivity index (χ0) is 13.0. The maximum atomic E-state index is 6.03. The SMILES string of the molecule is COc1ccc(Cl)cc1Cn1cccc1CCN. The first kappa shape index (κ1) is 13.0. The van der Waals surface area contributed by atoms with Gasteiger partial charge >= 0.3 is 0 Å². The van der Waals surface area contributed by atoms with Gasteiger partial charge in [-0.05, 0) is 43.3 Å². The summed E-state index contributed by atoms with van der Waals surface area (Å²) in [6.45, 7) is 1.39. The van der Waals surface area contributed by atoms with Crippen molar-refractivity contribution in [3.63, 3.8) is 0 Å². The average molecular weight is 265 g/mol.